The first-order chi connectivity index (χ1) is 2.27. The first-order valence-electron chi connectivity index (χ1n) is 1.39. The standard InChI is InChI=1S/C3H7NO.Pd/c1-4(2)3-5;/h3H,1-2H3;. The summed E-state index contributed by atoms with van der Waals surface area (Å²) in [6.45, 7) is 0. The average Bonchev–Trinajstić information content (AvgIpc) is 1.38. The van der Waals surface area contributed by atoms with Crippen molar-refractivity contribution in [2.75, 3.05) is 14.1 Å². The van der Waals surface area contributed by atoms with E-state index in [-0.39, 0.29) is 20.4 Å². The fourth-order valence-corrected chi connectivity index (χ4v) is 0. The van der Waals surface area contributed by atoms with Crippen molar-refractivity contribution in [2.24, 2.45) is 0 Å². The second-order valence-electron chi connectivity index (χ2n) is 1.07. The molecule has 3 heteroatoms. The van der Waals surface area contributed by atoms with E-state index in [0.717, 1.165) is 6.41 Å². The van der Waals surface area contributed by atoms with Gasteiger partial charge in [-0.1, -0.05) is 0 Å². The molecule has 0 N–H and O–H groups in total. The summed E-state index contributed by atoms with van der Waals surface area (Å²) in [6, 6.07) is 0. The van der Waals surface area contributed by atoms with E-state index in [2.05, 4.69) is 0 Å². The number of amides is 1. The van der Waals surface area contributed by atoms with Crippen molar-refractivity contribution in [1.29, 1.82) is 0 Å². The van der Waals surface area contributed by atoms with Crippen LogP contribution in [0.15, 0.2) is 0 Å². The number of carbonyl (C=O) groups excluding carboxylic acids is 1. The minimum atomic E-state index is 0. The summed E-state index contributed by atoms with van der Waals surface area (Å²) in [7, 11) is 3.38. The molecule has 0 bridgehead atoms. The largest absolute Gasteiger partial charge is 0.351 e. The van der Waals surface area contributed by atoms with Crippen LogP contribution in [0.2, 0.25) is 0 Å². The molecular formula is C3H7NOPd. The van der Waals surface area contributed by atoms with Crippen LogP contribution >= 0.6 is 0 Å². The molecule has 0 heterocycles. The third kappa shape index (κ3) is 8.92. The Balaban J connectivity index is 0. The molecule has 1 amide bonds. The quantitative estimate of drug-likeness (QED) is 0.400. The number of nitrogens with zero attached hydrogens (tertiary/aromatic N) is 1. The van der Waals surface area contributed by atoms with E-state index in [1.165, 1.54) is 4.90 Å². The van der Waals surface area contributed by atoms with E-state index in [0.29, 0.717) is 0 Å². The first-order valence-corrected chi connectivity index (χ1v) is 1.39. The Bertz CT molecular complexity index is 37.8. The number of carbonyl (C=O) groups is 1. The van der Waals surface area contributed by atoms with E-state index >= 15 is 0 Å². The van der Waals surface area contributed by atoms with Crippen molar-refractivity contribution in [3.05, 3.63) is 0 Å². The van der Waals surface area contributed by atoms with Crippen LogP contribution in [0.4, 0.5) is 0 Å². The summed E-state index contributed by atoms with van der Waals surface area (Å²) >= 11 is 0. The Hall–Kier alpha value is 0.132. The van der Waals surface area contributed by atoms with Crippen LogP contribution in [-0.2, 0) is 25.2 Å². The van der Waals surface area contributed by atoms with Crippen LogP contribution in [0.3, 0.4) is 0 Å². The van der Waals surface area contributed by atoms with E-state index in [1.54, 1.807) is 14.1 Å². The molecular weight excluding hydrogens is 172 g/mol. The van der Waals surface area contributed by atoms with Crippen LogP contribution in [0, 0.1) is 0 Å². The van der Waals surface area contributed by atoms with Crippen LogP contribution < -0.4 is 0 Å². The van der Waals surface area contributed by atoms with Gasteiger partial charge in [0.15, 0.2) is 0 Å². The first kappa shape index (κ1) is 9.46. The molecule has 2 nitrogen and oxygen atoms in total. The van der Waals surface area contributed by atoms with Gasteiger partial charge in [-0.3, -0.25) is 4.79 Å². The van der Waals surface area contributed by atoms with Gasteiger partial charge in [0.1, 0.15) is 0 Å². The topological polar surface area (TPSA) is 20.3 Å². The summed E-state index contributed by atoms with van der Waals surface area (Å²) in [5.41, 5.74) is 0. The fraction of sp³-hybridized carbons (Fsp3) is 0.667. The van der Waals surface area contributed by atoms with Gasteiger partial charge in [0.05, 0.1) is 0 Å². The van der Waals surface area contributed by atoms with Crippen LogP contribution in [0.5, 0.6) is 0 Å². The van der Waals surface area contributed by atoms with Gasteiger partial charge in [-0.2, -0.15) is 0 Å². The molecule has 0 atom stereocenters. The zero-order chi connectivity index (χ0) is 4.28. The fourth-order valence-electron chi connectivity index (χ4n) is 0. The number of hydrogen-bond donors (Lipinski definition) is 0. The summed E-state index contributed by atoms with van der Waals surface area (Å²) in [5.74, 6) is 0. The maximum atomic E-state index is 9.43. The Kier molecular flexibility index (Phi) is 8.09. The molecule has 0 fully saturated rings. The molecule has 0 saturated carbocycles. The monoisotopic (exact) mass is 179 g/mol. The SMILES string of the molecule is CN(C)C=O.[Pd]. The maximum Gasteiger partial charge on any atom is 0.209 e. The van der Waals surface area contributed by atoms with Crippen molar-refractivity contribution < 1.29 is 25.2 Å². The Labute approximate surface area is 51.2 Å². The minimum absolute atomic E-state index is 0. The van der Waals surface area contributed by atoms with Crippen LogP contribution in [0.1, 0.15) is 0 Å². The minimum Gasteiger partial charge on any atom is -0.351 e. The smallest absolute Gasteiger partial charge is 0.209 e. The average molecular weight is 180 g/mol. The molecule has 0 aliphatic heterocycles. The van der Waals surface area contributed by atoms with Crippen molar-refractivity contribution in [3.8, 4) is 0 Å². The molecule has 0 spiro atoms. The zero-order valence-corrected chi connectivity index (χ0v) is 5.30. The summed E-state index contributed by atoms with van der Waals surface area (Å²) in [4.78, 5) is 10.9. The summed E-state index contributed by atoms with van der Waals surface area (Å²) < 4.78 is 0. The molecule has 0 aromatic rings. The van der Waals surface area contributed by atoms with Gasteiger partial charge in [0.2, 0.25) is 6.41 Å². The van der Waals surface area contributed by atoms with E-state index in [4.69, 9.17) is 0 Å². The van der Waals surface area contributed by atoms with Gasteiger partial charge < -0.3 is 4.90 Å². The van der Waals surface area contributed by atoms with Gasteiger partial charge in [-0.15, -0.1) is 0 Å². The second kappa shape index (κ2) is 5.13. The van der Waals surface area contributed by atoms with E-state index < -0.39 is 0 Å². The molecule has 0 aliphatic rings. The second-order valence-corrected chi connectivity index (χ2v) is 1.07. The molecule has 6 heavy (non-hydrogen) atoms. The Morgan fingerprint density at radius 1 is 1.50 bits per heavy atom. The van der Waals surface area contributed by atoms with Crippen LogP contribution in [0.25, 0.3) is 0 Å². The number of hydrogen-bond acceptors (Lipinski definition) is 1. The van der Waals surface area contributed by atoms with Crippen molar-refractivity contribution in [3.63, 3.8) is 0 Å². The normalized spacial score (nSPS) is 5.67. The third-order valence-corrected chi connectivity index (χ3v) is 0.211. The molecule has 0 radical (unpaired) electrons. The van der Waals surface area contributed by atoms with Gasteiger partial charge >= 0.3 is 0 Å². The molecule has 0 aromatic heterocycles. The molecule has 40 valence electrons. The van der Waals surface area contributed by atoms with Gasteiger partial charge in [-0.25, -0.2) is 0 Å². The third-order valence-electron chi connectivity index (χ3n) is 0.211. The molecule has 0 unspecified atom stereocenters. The Morgan fingerprint density at radius 3 is 1.67 bits per heavy atom. The van der Waals surface area contributed by atoms with Gasteiger partial charge in [0.25, 0.3) is 0 Å². The maximum absolute atomic E-state index is 9.43. The predicted octanol–water partition coefficient (Wildman–Crippen LogP) is -0.298. The van der Waals surface area contributed by atoms with Crippen molar-refractivity contribution >= 4 is 6.41 Å². The van der Waals surface area contributed by atoms with E-state index in [9.17, 15) is 4.79 Å². The van der Waals surface area contributed by atoms with Crippen molar-refractivity contribution in [2.45, 2.75) is 0 Å². The predicted molar refractivity (Wildman–Crippen MR) is 19.8 cm³/mol. The summed E-state index contributed by atoms with van der Waals surface area (Å²) in [5, 5.41) is 0. The Morgan fingerprint density at radius 2 is 1.67 bits per heavy atom. The molecule has 0 rings (SSSR count). The van der Waals surface area contributed by atoms with E-state index in [1.807, 2.05) is 0 Å². The van der Waals surface area contributed by atoms with Crippen molar-refractivity contribution in [1.82, 2.24) is 4.90 Å². The zero-order valence-electron chi connectivity index (χ0n) is 3.75. The van der Waals surface area contributed by atoms with Crippen LogP contribution in [-0.4, -0.2) is 25.4 Å². The van der Waals surface area contributed by atoms with Gasteiger partial charge in [0, 0.05) is 34.5 Å². The molecule has 0 aromatic carbocycles. The molecule has 0 aliphatic carbocycles. The number of rotatable bonds is 1. The summed E-state index contributed by atoms with van der Waals surface area (Å²) in [6.07, 6.45) is 0.750. The van der Waals surface area contributed by atoms with Gasteiger partial charge in [-0.05, 0) is 0 Å². The molecule has 0 saturated heterocycles.